The van der Waals surface area contributed by atoms with Crippen molar-refractivity contribution in [3.8, 4) is 5.75 Å². The second kappa shape index (κ2) is 7.40. The van der Waals surface area contributed by atoms with E-state index in [0.29, 0.717) is 18.5 Å². The molecule has 3 aliphatic rings. The number of nitrogens with one attached hydrogen (secondary N) is 1. The number of amides is 1. The van der Waals surface area contributed by atoms with Gasteiger partial charge in [0.05, 0.1) is 12.2 Å². The van der Waals surface area contributed by atoms with Crippen LogP contribution in [0.3, 0.4) is 0 Å². The minimum Gasteiger partial charge on any atom is -0.409 e. The highest BCUT2D eigenvalue weighted by molar-refractivity contribution is 6.30. The summed E-state index contributed by atoms with van der Waals surface area (Å²) in [6, 6.07) is 12.0. The van der Waals surface area contributed by atoms with E-state index in [0.717, 1.165) is 24.4 Å². The first-order chi connectivity index (χ1) is 14.8. The van der Waals surface area contributed by atoms with Gasteiger partial charge in [-0.05, 0) is 73.8 Å². The summed E-state index contributed by atoms with van der Waals surface area (Å²) in [4.78, 5) is 17.4. The van der Waals surface area contributed by atoms with Gasteiger partial charge in [-0.25, -0.2) is 9.80 Å². The van der Waals surface area contributed by atoms with Crippen LogP contribution in [0.5, 0.6) is 5.75 Å². The molecule has 3 aliphatic heterocycles. The summed E-state index contributed by atoms with van der Waals surface area (Å²) in [5, 5.41) is 2.68. The monoisotopic (exact) mass is 440 g/mol. The smallest absolute Gasteiger partial charge is 0.409 e. The molecular formula is C24H29ClN4O2. The van der Waals surface area contributed by atoms with E-state index < -0.39 is 6.09 Å². The molecule has 7 heteroatoms. The maximum atomic E-state index is 12.7. The number of anilines is 1. The van der Waals surface area contributed by atoms with Crippen LogP contribution in [0.1, 0.15) is 43.0 Å². The summed E-state index contributed by atoms with van der Waals surface area (Å²) < 4.78 is 5.71. The Kier molecular flexibility index (Phi) is 4.92. The van der Waals surface area contributed by atoms with E-state index in [2.05, 4.69) is 49.2 Å². The Hall–Kier alpha value is -2.28. The third-order valence-corrected chi connectivity index (χ3v) is 7.63. The van der Waals surface area contributed by atoms with E-state index in [-0.39, 0.29) is 11.5 Å². The number of likely N-dealkylation sites (N-methyl/N-ethyl adjacent to an activating group) is 2. The molecule has 6 nitrogen and oxygen atoms in total. The standard InChI is InChI=1S/C24H29ClN4O2/c1-15-19-7-5-17(25)13-16(19)9-11-29(15)26-23(30)31-18-6-8-21-20(14-18)24(2)10-12-27(3)22(24)28(21)4/h5-8,13-15,22H,9-12H2,1-4H3,(H,26,30)/t15?,22-,24+/m1/s1. The van der Waals surface area contributed by atoms with Crippen molar-refractivity contribution in [2.75, 3.05) is 32.1 Å². The number of rotatable bonds is 2. The van der Waals surface area contributed by atoms with Crippen LogP contribution in [0.4, 0.5) is 10.5 Å². The number of hydrazine groups is 1. The van der Waals surface area contributed by atoms with Gasteiger partial charge in [0, 0.05) is 36.3 Å². The first kappa shape index (κ1) is 20.6. The lowest BCUT2D eigenvalue weighted by molar-refractivity contribution is 0.109. The SMILES string of the molecule is CC1c2ccc(Cl)cc2CCN1NC(=O)Oc1ccc2c(c1)[C@]1(C)CCN(C)[C@@H]1N2C. The lowest BCUT2D eigenvalue weighted by Gasteiger charge is -2.34. The van der Waals surface area contributed by atoms with Crippen molar-refractivity contribution in [3.63, 3.8) is 0 Å². The quantitative estimate of drug-likeness (QED) is 0.753. The van der Waals surface area contributed by atoms with Gasteiger partial charge in [0.1, 0.15) is 5.75 Å². The van der Waals surface area contributed by atoms with Crippen molar-refractivity contribution < 1.29 is 9.53 Å². The number of ether oxygens (including phenoxy) is 1. The second-order valence-corrected chi connectivity index (χ2v) is 9.71. The molecule has 0 aromatic heterocycles. The molecule has 0 saturated carbocycles. The number of fused-ring (bicyclic) bond motifs is 4. The van der Waals surface area contributed by atoms with E-state index >= 15 is 0 Å². The first-order valence-corrected chi connectivity index (χ1v) is 11.3. The molecule has 0 spiro atoms. The molecule has 1 amide bonds. The number of likely N-dealkylation sites (tertiary alicyclic amines) is 1. The van der Waals surface area contributed by atoms with E-state index in [1.807, 2.05) is 35.3 Å². The Balaban J connectivity index is 1.30. The molecule has 2 aromatic rings. The number of benzene rings is 2. The average molecular weight is 441 g/mol. The average Bonchev–Trinajstić information content (AvgIpc) is 3.15. The number of carbonyl (C=O) groups is 1. The summed E-state index contributed by atoms with van der Waals surface area (Å²) in [5.74, 6) is 0.581. The van der Waals surface area contributed by atoms with E-state index in [9.17, 15) is 4.79 Å². The molecule has 0 radical (unpaired) electrons. The maximum Gasteiger partial charge on any atom is 0.427 e. The molecule has 31 heavy (non-hydrogen) atoms. The van der Waals surface area contributed by atoms with E-state index in [1.54, 1.807) is 0 Å². The molecule has 1 saturated heterocycles. The van der Waals surface area contributed by atoms with Gasteiger partial charge in [0.25, 0.3) is 0 Å². The van der Waals surface area contributed by atoms with Crippen LogP contribution in [0.15, 0.2) is 36.4 Å². The van der Waals surface area contributed by atoms with Gasteiger partial charge >= 0.3 is 6.09 Å². The van der Waals surface area contributed by atoms with Crippen molar-refractivity contribution >= 4 is 23.4 Å². The first-order valence-electron chi connectivity index (χ1n) is 10.9. The molecule has 0 aliphatic carbocycles. The van der Waals surface area contributed by atoms with Gasteiger partial charge in [-0.1, -0.05) is 24.6 Å². The Morgan fingerprint density at radius 1 is 1.19 bits per heavy atom. The summed E-state index contributed by atoms with van der Waals surface area (Å²) in [6.45, 7) is 6.17. The van der Waals surface area contributed by atoms with Crippen molar-refractivity contribution in [2.24, 2.45) is 0 Å². The molecule has 5 rings (SSSR count). The third kappa shape index (κ3) is 3.28. The van der Waals surface area contributed by atoms with Gasteiger partial charge < -0.3 is 9.64 Å². The predicted molar refractivity (Wildman–Crippen MR) is 123 cm³/mol. The van der Waals surface area contributed by atoms with Crippen LogP contribution < -0.4 is 15.1 Å². The van der Waals surface area contributed by atoms with Crippen molar-refractivity contribution in [1.82, 2.24) is 15.3 Å². The molecule has 3 heterocycles. The fourth-order valence-electron chi connectivity index (χ4n) is 5.82. The lowest BCUT2D eigenvalue weighted by Crippen LogP contribution is -2.48. The highest BCUT2D eigenvalue weighted by Crippen LogP contribution is 2.51. The highest BCUT2D eigenvalue weighted by atomic mass is 35.5. The van der Waals surface area contributed by atoms with Crippen LogP contribution in [-0.4, -0.2) is 49.4 Å². The fourth-order valence-corrected chi connectivity index (χ4v) is 6.01. The van der Waals surface area contributed by atoms with Crippen molar-refractivity contribution in [1.29, 1.82) is 0 Å². The molecule has 0 bridgehead atoms. The van der Waals surface area contributed by atoms with E-state index in [1.165, 1.54) is 22.4 Å². The Bertz CT molecular complexity index is 1040. The van der Waals surface area contributed by atoms with Crippen LogP contribution in [-0.2, 0) is 11.8 Å². The fraction of sp³-hybridized carbons (Fsp3) is 0.458. The van der Waals surface area contributed by atoms with Crippen LogP contribution in [0, 0.1) is 0 Å². The van der Waals surface area contributed by atoms with Gasteiger partial charge in [-0.3, -0.25) is 10.3 Å². The van der Waals surface area contributed by atoms with Gasteiger partial charge in [-0.2, -0.15) is 0 Å². The molecular weight excluding hydrogens is 412 g/mol. The Labute approximate surface area is 188 Å². The number of nitrogens with zero attached hydrogens (tertiary/aromatic N) is 3. The number of hydrogen-bond donors (Lipinski definition) is 1. The van der Waals surface area contributed by atoms with Crippen molar-refractivity contribution in [2.45, 2.75) is 44.3 Å². The molecule has 1 unspecified atom stereocenters. The van der Waals surface area contributed by atoms with Gasteiger partial charge in [0.2, 0.25) is 0 Å². The Morgan fingerprint density at radius 2 is 2.00 bits per heavy atom. The zero-order valence-corrected chi connectivity index (χ0v) is 19.2. The minimum absolute atomic E-state index is 0.0427. The molecule has 1 fully saturated rings. The summed E-state index contributed by atoms with van der Waals surface area (Å²) in [5.41, 5.74) is 7.86. The van der Waals surface area contributed by atoms with Gasteiger partial charge in [-0.15, -0.1) is 0 Å². The topological polar surface area (TPSA) is 48.1 Å². The predicted octanol–water partition coefficient (Wildman–Crippen LogP) is 4.33. The number of hydrogen-bond acceptors (Lipinski definition) is 5. The summed E-state index contributed by atoms with van der Waals surface area (Å²) >= 11 is 6.13. The Morgan fingerprint density at radius 3 is 2.81 bits per heavy atom. The summed E-state index contributed by atoms with van der Waals surface area (Å²) in [6.07, 6.45) is 1.81. The zero-order valence-electron chi connectivity index (χ0n) is 18.5. The third-order valence-electron chi connectivity index (χ3n) is 7.39. The van der Waals surface area contributed by atoms with Crippen LogP contribution in [0.2, 0.25) is 5.02 Å². The number of carbonyl (C=O) groups excluding carboxylic acids is 1. The summed E-state index contributed by atoms with van der Waals surface area (Å²) in [7, 11) is 4.32. The second-order valence-electron chi connectivity index (χ2n) is 9.28. The highest BCUT2D eigenvalue weighted by Gasteiger charge is 2.52. The normalized spacial score (nSPS) is 27.6. The minimum atomic E-state index is -0.458. The van der Waals surface area contributed by atoms with Crippen LogP contribution in [0.25, 0.3) is 0 Å². The van der Waals surface area contributed by atoms with Crippen molar-refractivity contribution in [3.05, 3.63) is 58.1 Å². The van der Waals surface area contributed by atoms with Gasteiger partial charge in [0.15, 0.2) is 0 Å². The number of halogens is 1. The van der Waals surface area contributed by atoms with Crippen LogP contribution >= 0.6 is 11.6 Å². The largest absolute Gasteiger partial charge is 0.427 e. The molecule has 1 N–H and O–H groups in total. The molecule has 3 atom stereocenters. The molecule has 2 aromatic carbocycles. The maximum absolute atomic E-state index is 12.7. The molecule has 164 valence electrons. The zero-order chi connectivity index (χ0) is 21.9. The van der Waals surface area contributed by atoms with E-state index in [4.69, 9.17) is 16.3 Å². The lowest BCUT2D eigenvalue weighted by atomic mass is 9.81.